The van der Waals surface area contributed by atoms with Gasteiger partial charge in [-0.15, -0.1) is 0 Å². The number of amides is 1. The first-order chi connectivity index (χ1) is 12.5. The molecule has 1 atom stereocenters. The summed E-state index contributed by atoms with van der Waals surface area (Å²) in [5, 5.41) is 7.29. The van der Waals surface area contributed by atoms with Crippen LogP contribution in [0, 0.1) is 6.92 Å². The molecule has 0 radical (unpaired) electrons. The summed E-state index contributed by atoms with van der Waals surface area (Å²) in [7, 11) is 0. The van der Waals surface area contributed by atoms with Crippen LogP contribution in [0.25, 0.3) is 11.4 Å². The predicted molar refractivity (Wildman–Crippen MR) is 97.9 cm³/mol. The molecule has 1 heterocycles. The third-order valence-electron chi connectivity index (χ3n) is 3.73. The Kier molecular flexibility index (Phi) is 5.53. The van der Waals surface area contributed by atoms with Crippen LogP contribution in [-0.2, 0) is 11.3 Å². The minimum absolute atomic E-state index is 0.131. The predicted octanol–water partition coefficient (Wildman–Crippen LogP) is 3.78. The first kappa shape index (κ1) is 17.9. The number of aromatic nitrogens is 2. The van der Waals surface area contributed by atoms with Gasteiger partial charge < -0.3 is 14.6 Å². The van der Waals surface area contributed by atoms with E-state index in [-0.39, 0.29) is 12.5 Å². The number of benzene rings is 2. The molecule has 0 fully saturated rings. The lowest BCUT2D eigenvalue weighted by molar-refractivity contribution is -0.127. The van der Waals surface area contributed by atoms with Crippen LogP contribution in [0.1, 0.15) is 18.4 Å². The molecule has 1 amide bonds. The van der Waals surface area contributed by atoms with Gasteiger partial charge in [0.25, 0.3) is 5.91 Å². The van der Waals surface area contributed by atoms with Gasteiger partial charge in [0, 0.05) is 10.6 Å². The Balaban J connectivity index is 1.55. The second-order valence-electron chi connectivity index (χ2n) is 5.77. The van der Waals surface area contributed by atoms with Crippen LogP contribution in [0.5, 0.6) is 5.75 Å². The summed E-state index contributed by atoms with van der Waals surface area (Å²) in [6.07, 6.45) is -0.674. The SMILES string of the molecule is Cc1cc(O[C@H](C)C(=O)NCc2nc(-c3ccccc3)no2)ccc1Cl. The lowest BCUT2D eigenvalue weighted by Crippen LogP contribution is -2.36. The van der Waals surface area contributed by atoms with Crippen molar-refractivity contribution in [1.82, 2.24) is 15.5 Å². The molecule has 26 heavy (non-hydrogen) atoms. The van der Waals surface area contributed by atoms with Gasteiger partial charge in [0.1, 0.15) is 5.75 Å². The van der Waals surface area contributed by atoms with Crippen molar-refractivity contribution in [2.75, 3.05) is 0 Å². The Morgan fingerprint density at radius 3 is 2.77 bits per heavy atom. The summed E-state index contributed by atoms with van der Waals surface area (Å²) >= 11 is 5.99. The molecular weight excluding hydrogens is 354 g/mol. The molecule has 0 bridgehead atoms. The number of carbonyl (C=O) groups excluding carboxylic acids is 1. The van der Waals surface area contributed by atoms with Crippen molar-refractivity contribution in [2.24, 2.45) is 0 Å². The molecule has 0 aliphatic heterocycles. The van der Waals surface area contributed by atoms with E-state index in [0.717, 1.165) is 11.1 Å². The van der Waals surface area contributed by atoms with E-state index in [1.165, 1.54) is 0 Å². The maximum absolute atomic E-state index is 12.2. The molecule has 3 rings (SSSR count). The van der Waals surface area contributed by atoms with E-state index < -0.39 is 6.10 Å². The number of carbonyl (C=O) groups is 1. The smallest absolute Gasteiger partial charge is 0.261 e. The molecule has 7 heteroatoms. The zero-order valence-corrected chi connectivity index (χ0v) is 15.2. The minimum Gasteiger partial charge on any atom is -0.481 e. The van der Waals surface area contributed by atoms with Gasteiger partial charge in [-0.1, -0.05) is 47.1 Å². The van der Waals surface area contributed by atoms with Crippen molar-refractivity contribution in [3.05, 3.63) is 65.0 Å². The molecule has 134 valence electrons. The van der Waals surface area contributed by atoms with E-state index in [0.29, 0.717) is 22.5 Å². The van der Waals surface area contributed by atoms with Crippen molar-refractivity contribution in [3.63, 3.8) is 0 Å². The fraction of sp³-hybridized carbons (Fsp3) is 0.211. The van der Waals surface area contributed by atoms with Crippen molar-refractivity contribution < 1.29 is 14.1 Å². The molecule has 0 aliphatic carbocycles. The van der Waals surface area contributed by atoms with Gasteiger partial charge >= 0.3 is 0 Å². The summed E-state index contributed by atoms with van der Waals surface area (Å²) < 4.78 is 10.8. The Hall–Kier alpha value is -2.86. The highest BCUT2D eigenvalue weighted by Gasteiger charge is 2.16. The number of hydrogen-bond acceptors (Lipinski definition) is 5. The van der Waals surface area contributed by atoms with Crippen LogP contribution in [-0.4, -0.2) is 22.2 Å². The number of nitrogens with zero attached hydrogens (tertiary/aromatic N) is 2. The van der Waals surface area contributed by atoms with Gasteiger partial charge in [0.2, 0.25) is 11.7 Å². The average molecular weight is 372 g/mol. The number of hydrogen-bond donors (Lipinski definition) is 1. The fourth-order valence-electron chi connectivity index (χ4n) is 2.29. The standard InChI is InChI=1S/C19H18ClN3O3/c1-12-10-15(8-9-16(12)20)25-13(2)19(24)21-11-17-22-18(23-26-17)14-6-4-3-5-7-14/h3-10,13H,11H2,1-2H3,(H,21,24)/t13-/m1/s1. The number of nitrogens with one attached hydrogen (secondary N) is 1. The van der Waals surface area contributed by atoms with Crippen LogP contribution in [0.4, 0.5) is 0 Å². The van der Waals surface area contributed by atoms with E-state index in [1.54, 1.807) is 25.1 Å². The third kappa shape index (κ3) is 4.40. The van der Waals surface area contributed by atoms with Gasteiger partial charge in [-0.3, -0.25) is 4.79 Å². The van der Waals surface area contributed by atoms with E-state index in [1.807, 2.05) is 37.3 Å². The second-order valence-corrected chi connectivity index (χ2v) is 6.17. The van der Waals surface area contributed by atoms with E-state index >= 15 is 0 Å². The van der Waals surface area contributed by atoms with Gasteiger partial charge in [-0.25, -0.2) is 0 Å². The average Bonchev–Trinajstić information content (AvgIpc) is 3.12. The summed E-state index contributed by atoms with van der Waals surface area (Å²) in [5.74, 6) is 1.11. The molecular formula is C19H18ClN3O3. The molecule has 1 N–H and O–H groups in total. The van der Waals surface area contributed by atoms with Gasteiger partial charge in [-0.05, 0) is 37.6 Å². The highest BCUT2D eigenvalue weighted by atomic mass is 35.5. The van der Waals surface area contributed by atoms with Crippen molar-refractivity contribution in [2.45, 2.75) is 26.5 Å². The van der Waals surface area contributed by atoms with Crippen LogP contribution >= 0.6 is 11.6 Å². The first-order valence-electron chi connectivity index (χ1n) is 8.11. The summed E-state index contributed by atoms with van der Waals surface area (Å²) in [5.41, 5.74) is 1.74. The van der Waals surface area contributed by atoms with Gasteiger partial charge in [0.05, 0.1) is 6.54 Å². The summed E-state index contributed by atoms with van der Waals surface area (Å²) in [4.78, 5) is 16.5. The number of aryl methyl sites for hydroxylation is 1. The Morgan fingerprint density at radius 2 is 2.04 bits per heavy atom. The Labute approximate surface area is 156 Å². The highest BCUT2D eigenvalue weighted by molar-refractivity contribution is 6.31. The van der Waals surface area contributed by atoms with E-state index in [4.69, 9.17) is 20.9 Å². The van der Waals surface area contributed by atoms with Crippen molar-refractivity contribution in [3.8, 4) is 17.1 Å². The lowest BCUT2D eigenvalue weighted by atomic mass is 10.2. The largest absolute Gasteiger partial charge is 0.481 e. The molecule has 0 unspecified atom stereocenters. The zero-order chi connectivity index (χ0) is 18.5. The Morgan fingerprint density at radius 1 is 1.27 bits per heavy atom. The molecule has 0 saturated carbocycles. The molecule has 1 aromatic heterocycles. The second kappa shape index (κ2) is 8.01. The number of ether oxygens (including phenoxy) is 1. The van der Waals surface area contributed by atoms with Crippen LogP contribution < -0.4 is 10.1 Å². The van der Waals surface area contributed by atoms with Gasteiger partial charge in [0.15, 0.2) is 6.10 Å². The van der Waals surface area contributed by atoms with Crippen LogP contribution in [0.3, 0.4) is 0 Å². The third-order valence-corrected chi connectivity index (χ3v) is 4.15. The van der Waals surface area contributed by atoms with Crippen molar-refractivity contribution in [1.29, 1.82) is 0 Å². The van der Waals surface area contributed by atoms with E-state index in [9.17, 15) is 4.79 Å². The fourth-order valence-corrected chi connectivity index (χ4v) is 2.40. The lowest BCUT2D eigenvalue weighted by Gasteiger charge is -2.14. The quantitative estimate of drug-likeness (QED) is 0.713. The number of halogens is 1. The molecule has 0 spiro atoms. The molecule has 3 aromatic rings. The van der Waals surface area contributed by atoms with Crippen molar-refractivity contribution >= 4 is 17.5 Å². The maximum Gasteiger partial charge on any atom is 0.261 e. The summed E-state index contributed by atoms with van der Waals surface area (Å²) in [6, 6.07) is 14.7. The molecule has 2 aromatic carbocycles. The molecule has 0 saturated heterocycles. The van der Waals surface area contributed by atoms with Crippen LogP contribution in [0.2, 0.25) is 5.02 Å². The molecule has 6 nitrogen and oxygen atoms in total. The van der Waals surface area contributed by atoms with Gasteiger partial charge in [-0.2, -0.15) is 4.98 Å². The van der Waals surface area contributed by atoms with E-state index in [2.05, 4.69) is 15.5 Å². The zero-order valence-electron chi connectivity index (χ0n) is 14.4. The van der Waals surface area contributed by atoms with Crippen LogP contribution in [0.15, 0.2) is 53.1 Å². The highest BCUT2D eigenvalue weighted by Crippen LogP contribution is 2.22. The monoisotopic (exact) mass is 371 g/mol. The first-order valence-corrected chi connectivity index (χ1v) is 8.49. The summed E-state index contributed by atoms with van der Waals surface area (Å²) in [6.45, 7) is 3.67. The normalized spacial score (nSPS) is 11.8. The minimum atomic E-state index is -0.674. The maximum atomic E-state index is 12.2. The number of rotatable bonds is 6. The topological polar surface area (TPSA) is 77.2 Å². The Bertz CT molecular complexity index is 896. The molecule has 0 aliphatic rings.